The molecule has 0 aliphatic carbocycles. The first-order chi connectivity index (χ1) is 40.2. The smallest absolute Gasteiger partial charge is 0.135 e. The van der Waals surface area contributed by atoms with Crippen LogP contribution in [0.4, 0.5) is 11.4 Å². The average molecular weight is 1110 g/mol. The monoisotopic (exact) mass is 1110 g/mol. The molecule has 2 rings (SSSR count). The first-order valence-corrected chi connectivity index (χ1v) is 36.4. The second-order valence-corrected chi connectivity index (χ2v) is 25.0. The van der Waals surface area contributed by atoms with Crippen LogP contribution in [0.25, 0.3) is 12.2 Å². The zero-order chi connectivity index (χ0) is 57.7. The number of aliphatic imine (C=N–C) groups is 2. The molecule has 0 aromatic heterocycles. The molecule has 0 saturated carbocycles. The first kappa shape index (κ1) is 73.9. The molecule has 0 bridgehead atoms. The maximum atomic E-state index is 5.27. The van der Waals surface area contributed by atoms with Crippen molar-refractivity contribution in [2.24, 2.45) is 9.98 Å². The van der Waals surface area contributed by atoms with Crippen LogP contribution in [-0.2, 0) is 0 Å². The van der Waals surface area contributed by atoms with Gasteiger partial charge in [-0.05, 0) is 86.3 Å². The summed E-state index contributed by atoms with van der Waals surface area (Å²) < 4.78 is 0. The van der Waals surface area contributed by atoms with Gasteiger partial charge in [0, 0.05) is 6.42 Å². The van der Waals surface area contributed by atoms with Crippen molar-refractivity contribution >= 4 is 35.0 Å². The molecule has 0 radical (unpaired) electrons. The van der Waals surface area contributed by atoms with Gasteiger partial charge in [0.1, 0.15) is 5.71 Å². The third-order valence-corrected chi connectivity index (χ3v) is 17.0. The molecule has 0 unspecified atom stereocenters. The van der Waals surface area contributed by atoms with E-state index in [-0.39, 0.29) is 0 Å². The average Bonchev–Trinajstić information content (AvgIpc) is 3.48. The molecule has 2 nitrogen and oxygen atoms in total. The van der Waals surface area contributed by atoms with Crippen molar-refractivity contribution < 1.29 is 0 Å². The van der Waals surface area contributed by atoms with Gasteiger partial charge in [-0.3, -0.25) is 4.99 Å². The second-order valence-electron chi connectivity index (χ2n) is 25.0. The summed E-state index contributed by atoms with van der Waals surface area (Å²) in [6.07, 6.45) is 84.9. The summed E-state index contributed by atoms with van der Waals surface area (Å²) in [6.45, 7) is 9.17. The minimum atomic E-state index is 0.832. The highest BCUT2D eigenvalue weighted by Gasteiger charge is 2.09. The standard InChI is InChI=1S/C79H134N2/c1-5-9-13-16-19-22-24-26-28-30-32-34-36-38-40-42-44-46-48-51-53-56-59-62-74-66-70-76(71-67-74)80-78(64-12-8-4)79(65-61-58-55-50-21-18-15-11-7-3)81-77-72-68-75(69-73-77)63-60-57-54-52-49-47-45-43-41-39-37-35-33-31-29-27-25-23-20-17-14-10-6-2/h59-60,62-63,66-73H,5-58,64H2,1-4H3. The van der Waals surface area contributed by atoms with Crippen molar-refractivity contribution in [3.8, 4) is 11.8 Å². The molecule has 2 aromatic carbocycles. The summed E-state index contributed by atoms with van der Waals surface area (Å²) >= 11 is 0. The summed E-state index contributed by atoms with van der Waals surface area (Å²) in [5.41, 5.74) is 6.28. The van der Waals surface area contributed by atoms with Gasteiger partial charge in [0.2, 0.25) is 0 Å². The van der Waals surface area contributed by atoms with E-state index in [2.05, 4.69) is 112 Å². The lowest BCUT2D eigenvalue weighted by Gasteiger charge is -2.07. The molecule has 2 heteroatoms. The molecule has 0 fully saturated rings. The Balaban J connectivity index is 1.74. The summed E-state index contributed by atoms with van der Waals surface area (Å²) in [6, 6.07) is 17.6. The van der Waals surface area contributed by atoms with Crippen LogP contribution in [0.3, 0.4) is 0 Å². The van der Waals surface area contributed by atoms with Crippen LogP contribution in [-0.4, -0.2) is 11.4 Å². The Morgan fingerprint density at radius 1 is 0.296 bits per heavy atom. The Bertz CT molecular complexity index is 1800. The van der Waals surface area contributed by atoms with Gasteiger partial charge in [-0.1, -0.05) is 384 Å². The van der Waals surface area contributed by atoms with Gasteiger partial charge < -0.3 is 0 Å². The highest BCUT2D eigenvalue weighted by Crippen LogP contribution is 2.22. The number of rotatable bonds is 59. The van der Waals surface area contributed by atoms with Gasteiger partial charge >= 0.3 is 0 Å². The molecule has 460 valence electrons. The zero-order valence-corrected chi connectivity index (χ0v) is 54.7. The van der Waals surface area contributed by atoms with Gasteiger partial charge in [-0.15, -0.1) is 0 Å². The van der Waals surface area contributed by atoms with Crippen LogP contribution in [0.2, 0.25) is 0 Å². The van der Waals surface area contributed by atoms with E-state index < -0.39 is 0 Å². The van der Waals surface area contributed by atoms with Crippen molar-refractivity contribution in [1.29, 1.82) is 0 Å². The van der Waals surface area contributed by atoms with E-state index in [1.807, 2.05) is 0 Å². The lowest BCUT2D eigenvalue weighted by Crippen LogP contribution is -2.12. The van der Waals surface area contributed by atoms with E-state index >= 15 is 0 Å². The summed E-state index contributed by atoms with van der Waals surface area (Å²) in [7, 11) is 0. The fourth-order valence-electron chi connectivity index (χ4n) is 11.5. The van der Waals surface area contributed by atoms with Gasteiger partial charge in [-0.2, -0.15) is 0 Å². The van der Waals surface area contributed by atoms with Gasteiger partial charge in [-0.25, -0.2) is 4.99 Å². The van der Waals surface area contributed by atoms with Crippen LogP contribution in [0.1, 0.15) is 392 Å². The van der Waals surface area contributed by atoms with E-state index in [4.69, 9.17) is 9.98 Å². The topological polar surface area (TPSA) is 24.7 Å². The third kappa shape index (κ3) is 48.9. The molecule has 81 heavy (non-hydrogen) atoms. The highest BCUT2D eigenvalue weighted by atomic mass is 14.8. The number of benzene rings is 2. The minimum Gasteiger partial charge on any atom is -0.251 e. The quantitative estimate of drug-likeness (QED) is 0.0358. The number of allylic oxidation sites excluding steroid dienone is 2. The van der Waals surface area contributed by atoms with Crippen LogP contribution < -0.4 is 0 Å². The lowest BCUT2D eigenvalue weighted by molar-refractivity contribution is 0.520. The van der Waals surface area contributed by atoms with Crippen molar-refractivity contribution in [2.75, 3.05) is 0 Å². The van der Waals surface area contributed by atoms with Gasteiger partial charge in [0.05, 0.1) is 17.1 Å². The predicted molar refractivity (Wildman–Crippen MR) is 370 cm³/mol. The van der Waals surface area contributed by atoms with Crippen LogP contribution in [0.5, 0.6) is 0 Å². The third-order valence-electron chi connectivity index (χ3n) is 17.0. The van der Waals surface area contributed by atoms with Crippen LogP contribution in [0.15, 0.2) is 70.7 Å². The van der Waals surface area contributed by atoms with Crippen molar-refractivity contribution in [3.63, 3.8) is 0 Å². The molecule has 0 amide bonds. The number of hydrogen-bond acceptors (Lipinski definition) is 2. The molecule has 0 spiro atoms. The fraction of sp³-hybridized carbons (Fsp3) is 0.747. The predicted octanol–water partition coefficient (Wildman–Crippen LogP) is 28.1. The number of hydrogen-bond donors (Lipinski definition) is 0. The summed E-state index contributed by atoms with van der Waals surface area (Å²) in [4.78, 5) is 10.5. The van der Waals surface area contributed by atoms with Gasteiger partial charge in [0.15, 0.2) is 0 Å². The Morgan fingerprint density at radius 3 is 0.852 bits per heavy atom. The van der Waals surface area contributed by atoms with E-state index in [1.165, 1.54) is 319 Å². The molecule has 2 aromatic rings. The molecular formula is C79H134N2. The van der Waals surface area contributed by atoms with Crippen molar-refractivity contribution in [1.82, 2.24) is 0 Å². The maximum Gasteiger partial charge on any atom is 0.135 e. The summed E-state index contributed by atoms with van der Waals surface area (Å²) in [5, 5.41) is 0. The SMILES string of the molecule is CCCCCCCCCC#CC(=Nc1ccc(C=CCCCCCCCCCCCCCCCCCCCCCCC)cc1)C(CCCC)=Nc1ccc(C=CCCCCCCCCCCCCCCCCCCCCCCC)cc1. The van der Waals surface area contributed by atoms with E-state index in [9.17, 15) is 0 Å². The lowest BCUT2D eigenvalue weighted by atomic mass is 10.0. The number of nitrogens with zero attached hydrogens (tertiary/aromatic N) is 2. The normalized spacial score (nSPS) is 12.1. The van der Waals surface area contributed by atoms with Crippen molar-refractivity contribution in [2.45, 2.75) is 381 Å². The molecule has 0 saturated heterocycles. The molecule has 0 atom stereocenters. The van der Waals surface area contributed by atoms with Crippen molar-refractivity contribution in [3.05, 3.63) is 71.8 Å². The fourth-order valence-corrected chi connectivity index (χ4v) is 11.5. The minimum absolute atomic E-state index is 0.832. The first-order valence-electron chi connectivity index (χ1n) is 36.4. The van der Waals surface area contributed by atoms with Crippen LogP contribution in [0, 0.1) is 11.8 Å². The van der Waals surface area contributed by atoms with Gasteiger partial charge in [0.25, 0.3) is 0 Å². The molecule has 0 N–H and O–H groups in total. The maximum absolute atomic E-state index is 5.27. The largest absolute Gasteiger partial charge is 0.251 e. The molecular weight excluding hydrogens is 977 g/mol. The summed E-state index contributed by atoms with van der Waals surface area (Å²) in [5.74, 6) is 7.09. The Kier molecular flexibility index (Phi) is 54.7. The Morgan fingerprint density at radius 2 is 0.556 bits per heavy atom. The Hall–Kier alpha value is -3.18. The Labute approximate surface area is 506 Å². The van der Waals surface area contributed by atoms with E-state index in [1.54, 1.807) is 0 Å². The van der Waals surface area contributed by atoms with Crippen LogP contribution >= 0.6 is 0 Å². The number of unbranched alkanes of at least 4 members (excludes halogenated alkanes) is 50. The molecule has 0 heterocycles. The van der Waals surface area contributed by atoms with E-state index in [0.29, 0.717) is 0 Å². The molecule has 0 aliphatic rings. The van der Waals surface area contributed by atoms with E-state index in [0.717, 1.165) is 67.7 Å². The highest BCUT2D eigenvalue weighted by molar-refractivity contribution is 6.49. The second kappa shape index (κ2) is 60.0. The zero-order valence-electron chi connectivity index (χ0n) is 54.7. The molecule has 0 aliphatic heterocycles.